The van der Waals surface area contributed by atoms with Crippen molar-refractivity contribution >= 4 is 45.2 Å². The lowest BCUT2D eigenvalue weighted by molar-refractivity contribution is 0.122. The van der Waals surface area contributed by atoms with Gasteiger partial charge in [-0.15, -0.1) is 0 Å². The molecule has 1 amide bonds. The first-order chi connectivity index (χ1) is 19.3. The third-order valence-corrected chi connectivity index (χ3v) is 7.30. The van der Waals surface area contributed by atoms with Crippen LogP contribution in [0.4, 0.5) is 26.4 Å². The second-order valence-electron chi connectivity index (χ2n) is 10.00. The van der Waals surface area contributed by atoms with Crippen molar-refractivity contribution in [2.75, 3.05) is 29.9 Å². The number of fused-ring (bicyclic) bond motifs is 2. The van der Waals surface area contributed by atoms with Gasteiger partial charge in [-0.2, -0.15) is 0 Å². The molecule has 1 aliphatic rings. The van der Waals surface area contributed by atoms with Gasteiger partial charge in [0.2, 0.25) is 0 Å². The summed E-state index contributed by atoms with van der Waals surface area (Å²) in [6.45, 7) is 4.84. The maximum Gasteiger partial charge on any atom is 0.407 e. The van der Waals surface area contributed by atoms with Crippen LogP contribution in [0.1, 0.15) is 12.5 Å². The number of rotatable bonds is 5. The summed E-state index contributed by atoms with van der Waals surface area (Å²) in [4.78, 5) is 27.7. The number of hydrogen-bond donors (Lipinski definition) is 2. The predicted octanol–water partition coefficient (Wildman–Crippen LogP) is 5.69. The van der Waals surface area contributed by atoms with E-state index in [1.807, 2.05) is 66.8 Å². The van der Waals surface area contributed by atoms with E-state index < -0.39 is 11.9 Å². The van der Waals surface area contributed by atoms with E-state index in [0.29, 0.717) is 48.2 Å². The van der Waals surface area contributed by atoms with Gasteiger partial charge in [-0.05, 0) is 61.9 Å². The summed E-state index contributed by atoms with van der Waals surface area (Å²) in [6.07, 6.45) is 2.20. The topological polar surface area (TPSA) is 109 Å². The maximum absolute atomic E-state index is 16.0. The van der Waals surface area contributed by atoms with Gasteiger partial charge in [0, 0.05) is 44.5 Å². The Bertz CT molecular complexity index is 1760. The fourth-order valence-corrected chi connectivity index (χ4v) is 5.19. The zero-order valence-electron chi connectivity index (χ0n) is 22.3. The highest BCUT2D eigenvalue weighted by molar-refractivity contribution is 5.94. The molecule has 1 atom stereocenters. The number of amides is 1. The standard InChI is InChI=1S/C29H28FN7O3/c1-17-12-19(4-9-25(17)40-20-5-7-23-22(13-20)33-16-35(23)3)34-28-26-21(31-15-32-28)6-8-24(27(26)30)36-10-11-37(29(38)39)18(2)14-36/h4-9,12-13,15-16,18H,10-11,14H2,1-3H3,(H,38,39)(H,31,32,34)/t18-/m1/s1. The minimum Gasteiger partial charge on any atom is -0.465 e. The minimum absolute atomic E-state index is 0.263. The van der Waals surface area contributed by atoms with Gasteiger partial charge in [-0.25, -0.2) is 24.1 Å². The molecule has 0 unspecified atom stereocenters. The Morgan fingerprint density at radius 1 is 1.07 bits per heavy atom. The number of imidazole rings is 1. The molecule has 3 heterocycles. The van der Waals surface area contributed by atoms with Crippen molar-refractivity contribution in [2.24, 2.45) is 7.05 Å². The number of halogens is 1. The third kappa shape index (κ3) is 4.59. The van der Waals surface area contributed by atoms with Crippen LogP contribution in [0, 0.1) is 12.7 Å². The summed E-state index contributed by atoms with van der Waals surface area (Å²) in [5, 5.41) is 12.9. The number of nitrogens with zero attached hydrogens (tertiary/aromatic N) is 6. The maximum atomic E-state index is 16.0. The summed E-state index contributed by atoms with van der Waals surface area (Å²) in [7, 11) is 1.95. The zero-order valence-corrected chi connectivity index (χ0v) is 22.3. The van der Waals surface area contributed by atoms with E-state index in [1.165, 1.54) is 11.2 Å². The molecule has 1 fully saturated rings. The van der Waals surface area contributed by atoms with E-state index in [1.54, 1.807) is 18.5 Å². The van der Waals surface area contributed by atoms with Gasteiger partial charge in [0.25, 0.3) is 0 Å². The van der Waals surface area contributed by atoms with E-state index in [9.17, 15) is 9.90 Å². The normalized spacial score (nSPS) is 15.6. The van der Waals surface area contributed by atoms with E-state index in [2.05, 4.69) is 20.3 Å². The zero-order chi connectivity index (χ0) is 28.0. The summed E-state index contributed by atoms with van der Waals surface area (Å²) in [6, 6.07) is 14.6. The number of aryl methyl sites for hydroxylation is 2. The molecule has 6 rings (SSSR count). The second kappa shape index (κ2) is 9.99. The number of carbonyl (C=O) groups is 1. The lowest BCUT2D eigenvalue weighted by Crippen LogP contribution is -2.53. The third-order valence-electron chi connectivity index (χ3n) is 7.30. The van der Waals surface area contributed by atoms with E-state index in [-0.39, 0.29) is 11.4 Å². The van der Waals surface area contributed by atoms with Crippen molar-refractivity contribution in [1.82, 2.24) is 24.4 Å². The number of piperazine rings is 1. The Hall–Kier alpha value is -4.93. The summed E-state index contributed by atoms with van der Waals surface area (Å²) >= 11 is 0. The summed E-state index contributed by atoms with van der Waals surface area (Å²) < 4.78 is 24.1. The van der Waals surface area contributed by atoms with E-state index in [0.717, 1.165) is 22.3 Å². The fraction of sp³-hybridized carbons (Fsp3) is 0.241. The van der Waals surface area contributed by atoms with Crippen molar-refractivity contribution in [2.45, 2.75) is 19.9 Å². The van der Waals surface area contributed by atoms with Crippen LogP contribution < -0.4 is 15.0 Å². The number of carboxylic acid groups (broad SMARTS) is 1. The molecule has 2 aromatic heterocycles. The molecule has 0 aliphatic carbocycles. The second-order valence-corrected chi connectivity index (χ2v) is 10.00. The SMILES string of the molecule is Cc1cc(Nc2ncnc3ccc(N4CCN(C(=O)O)[C@H](C)C4)c(F)c23)ccc1Oc1ccc2c(c1)ncn2C. The molecule has 2 N–H and O–H groups in total. The molecule has 40 heavy (non-hydrogen) atoms. The van der Waals surface area contributed by atoms with Crippen LogP contribution in [0.15, 0.2) is 61.2 Å². The molecule has 0 radical (unpaired) electrons. The van der Waals surface area contributed by atoms with Gasteiger partial charge in [0.05, 0.1) is 34.0 Å². The van der Waals surface area contributed by atoms with Crippen LogP contribution in [-0.4, -0.2) is 61.3 Å². The Morgan fingerprint density at radius 2 is 1.93 bits per heavy atom. The average molecular weight is 542 g/mol. The van der Waals surface area contributed by atoms with Crippen LogP contribution in [0.2, 0.25) is 0 Å². The monoisotopic (exact) mass is 541 g/mol. The van der Waals surface area contributed by atoms with Gasteiger partial charge < -0.3 is 29.5 Å². The van der Waals surface area contributed by atoms with Crippen molar-refractivity contribution < 1.29 is 19.0 Å². The highest BCUT2D eigenvalue weighted by Crippen LogP contribution is 2.34. The number of nitrogens with one attached hydrogen (secondary N) is 1. The number of ether oxygens (including phenoxy) is 1. The van der Waals surface area contributed by atoms with Crippen LogP contribution in [-0.2, 0) is 7.05 Å². The molecular formula is C29H28FN7O3. The largest absolute Gasteiger partial charge is 0.465 e. The number of benzene rings is 3. The van der Waals surface area contributed by atoms with E-state index >= 15 is 4.39 Å². The quantitative estimate of drug-likeness (QED) is 0.292. The van der Waals surface area contributed by atoms with Gasteiger partial charge in [0.1, 0.15) is 23.6 Å². The van der Waals surface area contributed by atoms with Crippen LogP contribution in [0.5, 0.6) is 11.5 Å². The highest BCUT2D eigenvalue weighted by atomic mass is 19.1. The van der Waals surface area contributed by atoms with E-state index in [4.69, 9.17) is 4.74 Å². The molecular weight excluding hydrogens is 513 g/mol. The molecule has 3 aromatic carbocycles. The average Bonchev–Trinajstić information content (AvgIpc) is 3.30. The van der Waals surface area contributed by atoms with Crippen LogP contribution in [0.3, 0.4) is 0 Å². The van der Waals surface area contributed by atoms with Crippen LogP contribution in [0.25, 0.3) is 21.9 Å². The van der Waals surface area contributed by atoms with Crippen molar-refractivity contribution in [3.63, 3.8) is 0 Å². The molecule has 204 valence electrons. The summed E-state index contributed by atoms with van der Waals surface area (Å²) in [5.41, 5.74) is 4.35. The molecule has 11 heteroatoms. The smallest absolute Gasteiger partial charge is 0.407 e. The lowest BCUT2D eigenvalue weighted by atomic mass is 10.1. The summed E-state index contributed by atoms with van der Waals surface area (Å²) in [5.74, 6) is 1.27. The molecule has 0 bridgehead atoms. The Kier molecular flexibility index (Phi) is 6.33. The first-order valence-corrected chi connectivity index (χ1v) is 12.9. The number of aromatic nitrogens is 4. The molecule has 1 aliphatic heterocycles. The number of anilines is 3. The Morgan fingerprint density at radius 3 is 2.70 bits per heavy atom. The van der Waals surface area contributed by atoms with Crippen LogP contribution >= 0.6 is 0 Å². The Balaban J connectivity index is 1.25. The Labute approximate surface area is 229 Å². The first kappa shape index (κ1) is 25.4. The molecule has 10 nitrogen and oxygen atoms in total. The van der Waals surface area contributed by atoms with Crippen molar-refractivity contribution in [3.8, 4) is 11.5 Å². The van der Waals surface area contributed by atoms with Crippen molar-refractivity contribution in [3.05, 3.63) is 72.6 Å². The van der Waals surface area contributed by atoms with Gasteiger partial charge >= 0.3 is 6.09 Å². The molecule has 5 aromatic rings. The predicted molar refractivity (Wildman–Crippen MR) is 151 cm³/mol. The number of hydrogen-bond acceptors (Lipinski definition) is 7. The lowest BCUT2D eigenvalue weighted by Gasteiger charge is -2.39. The van der Waals surface area contributed by atoms with Gasteiger partial charge in [-0.1, -0.05) is 0 Å². The minimum atomic E-state index is -0.966. The van der Waals surface area contributed by atoms with Gasteiger partial charge in [0.15, 0.2) is 5.82 Å². The fourth-order valence-electron chi connectivity index (χ4n) is 5.19. The van der Waals surface area contributed by atoms with Gasteiger partial charge in [-0.3, -0.25) is 0 Å². The first-order valence-electron chi connectivity index (χ1n) is 12.9. The molecule has 1 saturated heterocycles. The molecule has 0 spiro atoms. The van der Waals surface area contributed by atoms with Crippen molar-refractivity contribution in [1.29, 1.82) is 0 Å². The molecule has 0 saturated carbocycles. The highest BCUT2D eigenvalue weighted by Gasteiger charge is 2.29.